The molecule has 1 aromatic heterocycles. The van der Waals surface area contributed by atoms with Gasteiger partial charge in [-0.15, -0.1) is 0 Å². The summed E-state index contributed by atoms with van der Waals surface area (Å²) in [7, 11) is 3.35. The van der Waals surface area contributed by atoms with Crippen molar-refractivity contribution in [1.82, 2.24) is 20.0 Å². The molecule has 0 aliphatic carbocycles. The Labute approximate surface area is 135 Å². The van der Waals surface area contributed by atoms with Crippen LogP contribution in [0.15, 0.2) is 42.7 Å². The fourth-order valence-corrected chi connectivity index (χ4v) is 1.96. The number of anilines is 1. The van der Waals surface area contributed by atoms with Crippen LogP contribution in [0.25, 0.3) is 0 Å². The number of rotatable bonds is 5. The molecule has 23 heavy (non-hydrogen) atoms. The number of carbonyl (C=O) groups is 2. The van der Waals surface area contributed by atoms with E-state index in [1.165, 1.54) is 4.90 Å². The van der Waals surface area contributed by atoms with Crippen LogP contribution in [0, 0.1) is 0 Å². The van der Waals surface area contributed by atoms with E-state index in [0.717, 1.165) is 5.56 Å². The van der Waals surface area contributed by atoms with Gasteiger partial charge in [-0.2, -0.15) is 5.10 Å². The number of benzene rings is 1. The number of hydrogen-bond donors (Lipinski definition) is 2. The van der Waals surface area contributed by atoms with Crippen LogP contribution in [0.4, 0.5) is 10.5 Å². The number of amides is 3. The number of hydrogen-bond acceptors (Lipinski definition) is 3. The average Bonchev–Trinajstić information content (AvgIpc) is 3.06. The lowest BCUT2D eigenvalue weighted by molar-refractivity contribution is -0.124. The highest BCUT2D eigenvalue weighted by Crippen LogP contribution is 2.11. The molecular weight excluding hydrogens is 294 g/mol. The minimum Gasteiger partial charge on any atom is -0.350 e. The van der Waals surface area contributed by atoms with Crippen LogP contribution in [-0.2, 0) is 11.3 Å². The summed E-state index contributed by atoms with van der Waals surface area (Å²) in [6, 6.07) is 8.58. The molecule has 2 N–H and O–H groups in total. The van der Waals surface area contributed by atoms with Crippen molar-refractivity contribution >= 4 is 17.6 Å². The summed E-state index contributed by atoms with van der Waals surface area (Å²) in [6.45, 7) is 2.17. The van der Waals surface area contributed by atoms with Gasteiger partial charge in [0.25, 0.3) is 0 Å². The zero-order valence-corrected chi connectivity index (χ0v) is 13.5. The molecule has 1 atom stereocenters. The SMILES string of the molecule is CC(C(=O)NCc1cccc(NC(=O)N(C)C)c1)n1cccn1. The summed E-state index contributed by atoms with van der Waals surface area (Å²) in [4.78, 5) is 25.2. The number of nitrogens with one attached hydrogen (secondary N) is 2. The van der Waals surface area contributed by atoms with E-state index in [0.29, 0.717) is 12.2 Å². The van der Waals surface area contributed by atoms with Crippen molar-refractivity contribution in [1.29, 1.82) is 0 Å². The van der Waals surface area contributed by atoms with Gasteiger partial charge in [-0.1, -0.05) is 12.1 Å². The molecule has 1 aromatic carbocycles. The van der Waals surface area contributed by atoms with E-state index in [9.17, 15) is 9.59 Å². The van der Waals surface area contributed by atoms with Gasteiger partial charge in [0, 0.05) is 38.7 Å². The summed E-state index contributed by atoms with van der Waals surface area (Å²) in [5.41, 5.74) is 1.60. The quantitative estimate of drug-likeness (QED) is 0.884. The number of nitrogens with zero attached hydrogens (tertiary/aromatic N) is 3. The fourth-order valence-electron chi connectivity index (χ4n) is 1.96. The second-order valence-corrected chi connectivity index (χ2v) is 5.40. The predicted octanol–water partition coefficient (Wildman–Crippen LogP) is 1.85. The molecule has 0 radical (unpaired) electrons. The Balaban J connectivity index is 1.93. The summed E-state index contributed by atoms with van der Waals surface area (Å²) < 4.78 is 1.60. The first kappa shape index (κ1) is 16.5. The van der Waals surface area contributed by atoms with E-state index in [1.807, 2.05) is 18.2 Å². The zero-order valence-electron chi connectivity index (χ0n) is 13.5. The molecular formula is C16H21N5O2. The molecule has 1 heterocycles. The molecule has 0 saturated heterocycles. The Kier molecular flexibility index (Phi) is 5.35. The van der Waals surface area contributed by atoms with Gasteiger partial charge >= 0.3 is 6.03 Å². The molecule has 2 rings (SSSR count). The topological polar surface area (TPSA) is 79.3 Å². The smallest absolute Gasteiger partial charge is 0.321 e. The Morgan fingerprint density at radius 1 is 1.30 bits per heavy atom. The van der Waals surface area contributed by atoms with Gasteiger partial charge in [-0.05, 0) is 30.7 Å². The van der Waals surface area contributed by atoms with Crippen LogP contribution in [0.2, 0.25) is 0 Å². The number of aromatic nitrogens is 2. The molecule has 2 aromatic rings. The first-order valence-corrected chi connectivity index (χ1v) is 7.31. The van der Waals surface area contributed by atoms with Gasteiger partial charge in [-0.25, -0.2) is 4.79 Å². The van der Waals surface area contributed by atoms with Gasteiger partial charge in [0.05, 0.1) is 0 Å². The van der Waals surface area contributed by atoms with Crippen molar-refractivity contribution < 1.29 is 9.59 Å². The molecule has 0 aliphatic rings. The molecule has 7 heteroatoms. The third-order valence-corrected chi connectivity index (χ3v) is 3.35. The van der Waals surface area contributed by atoms with Crippen molar-refractivity contribution in [3.63, 3.8) is 0 Å². The highest BCUT2D eigenvalue weighted by molar-refractivity contribution is 5.89. The maximum atomic E-state index is 12.1. The van der Waals surface area contributed by atoms with Crippen LogP contribution in [0.1, 0.15) is 18.5 Å². The molecule has 0 spiro atoms. The standard InChI is InChI=1S/C16H21N5O2/c1-12(21-9-5-8-18-21)15(22)17-11-13-6-4-7-14(10-13)19-16(23)20(2)3/h4-10,12H,11H2,1-3H3,(H,17,22)(H,19,23). The summed E-state index contributed by atoms with van der Waals surface area (Å²) >= 11 is 0. The van der Waals surface area contributed by atoms with E-state index >= 15 is 0 Å². The predicted molar refractivity (Wildman–Crippen MR) is 87.9 cm³/mol. The first-order valence-electron chi connectivity index (χ1n) is 7.31. The second kappa shape index (κ2) is 7.44. The molecule has 1 unspecified atom stereocenters. The highest BCUT2D eigenvalue weighted by Gasteiger charge is 2.14. The molecule has 0 aliphatic heterocycles. The molecule has 122 valence electrons. The van der Waals surface area contributed by atoms with Gasteiger partial charge in [0.15, 0.2) is 0 Å². The lowest BCUT2D eigenvalue weighted by Gasteiger charge is -2.14. The molecule has 7 nitrogen and oxygen atoms in total. The van der Waals surface area contributed by atoms with Crippen molar-refractivity contribution in [2.45, 2.75) is 19.5 Å². The van der Waals surface area contributed by atoms with Crippen LogP contribution in [-0.4, -0.2) is 40.7 Å². The van der Waals surface area contributed by atoms with Crippen molar-refractivity contribution in [2.24, 2.45) is 0 Å². The summed E-state index contributed by atoms with van der Waals surface area (Å²) in [5, 5.41) is 9.70. The normalized spacial score (nSPS) is 11.6. The average molecular weight is 315 g/mol. The summed E-state index contributed by atoms with van der Waals surface area (Å²) in [5.74, 6) is -0.114. The Morgan fingerprint density at radius 2 is 2.09 bits per heavy atom. The van der Waals surface area contributed by atoms with Gasteiger partial charge in [0.2, 0.25) is 5.91 Å². The minimum atomic E-state index is -0.373. The van der Waals surface area contributed by atoms with E-state index in [-0.39, 0.29) is 18.0 Å². The van der Waals surface area contributed by atoms with Crippen molar-refractivity contribution in [3.05, 3.63) is 48.3 Å². The Bertz CT molecular complexity index is 667. The van der Waals surface area contributed by atoms with Crippen LogP contribution in [0.5, 0.6) is 0 Å². The van der Waals surface area contributed by atoms with Crippen LogP contribution >= 0.6 is 0 Å². The maximum Gasteiger partial charge on any atom is 0.321 e. The Morgan fingerprint density at radius 3 is 2.74 bits per heavy atom. The lowest BCUT2D eigenvalue weighted by atomic mass is 10.2. The molecule has 0 saturated carbocycles. The fraction of sp³-hybridized carbons (Fsp3) is 0.312. The minimum absolute atomic E-state index is 0.114. The maximum absolute atomic E-state index is 12.1. The monoisotopic (exact) mass is 315 g/mol. The molecule has 0 bridgehead atoms. The first-order chi connectivity index (χ1) is 11.0. The third kappa shape index (κ3) is 4.57. The Hall–Kier alpha value is -2.83. The zero-order chi connectivity index (χ0) is 16.8. The molecule has 3 amide bonds. The number of carbonyl (C=O) groups excluding carboxylic acids is 2. The summed E-state index contributed by atoms with van der Waals surface area (Å²) in [6.07, 6.45) is 3.39. The van der Waals surface area contributed by atoms with E-state index in [1.54, 1.807) is 50.2 Å². The van der Waals surface area contributed by atoms with Gasteiger partial charge in [-0.3, -0.25) is 9.48 Å². The van der Waals surface area contributed by atoms with Crippen molar-refractivity contribution in [2.75, 3.05) is 19.4 Å². The lowest BCUT2D eigenvalue weighted by Crippen LogP contribution is -2.31. The van der Waals surface area contributed by atoms with E-state index in [2.05, 4.69) is 15.7 Å². The second-order valence-electron chi connectivity index (χ2n) is 5.40. The number of urea groups is 1. The van der Waals surface area contributed by atoms with E-state index < -0.39 is 0 Å². The molecule has 0 fully saturated rings. The highest BCUT2D eigenvalue weighted by atomic mass is 16.2. The van der Waals surface area contributed by atoms with Gasteiger partial charge < -0.3 is 15.5 Å². The van der Waals surface area contributed by atoms with E-state index in [4.69, 9.17) is 0 Å². The van der Waals surface area contributed by atoms with Crippen LogP contribution in [0.3, 0.4) is 0 Å². The largest absolute Gasteiger partial charge is 0.350 e. The third-order valence-electron chi connectivity index (χ3n) is 3.35. The van der Waals surface area contributed by atoms with Gasteiger partial charge in [0.1, 0.15) is 6.04 Å². The van der Waals surface area contributed by atoms with Crippen molar-refractivity contribution in [3.8, 4) is 0 Å². The van der Waals surface area contributed by atoms with Crippen LogP contribution < -0.4 is 10.6 Å².